The van der Waals surface area contributed by atoms with Gasteiger partial charge < -0.3 is 14.7 Å². The molecule has 0 aliphatic carbocycles. The molecule has 0 spiro atoms. The molecule has 2 fully saturated rings. The molecule has 3 heterocycles. The fraction of sp³-hybridized carbons (Fsp3) is 0.524. The van der Waals surface area contributed by atoms with E-state index in [1.165, 1.54) is 4.90 Å². The lowest BCUT2D eigenvalue weighted by atomic mass is 10.0. The van der Waals surface area contributed by atoms with Gasteiger partial charge in [-0.3, -0.25) is 19.4 Å². The molecular formula is C21H25Cl2N3O4. The molecule has 162 valence electrons. The number of nitrogens with zero attached hydrogens (tertiary/aromatic N) is 3. The molecule has 0 saturated carbocycles. The van der Waals surface area contributed by atoms with Crippen LogP contribution in [0.25, 0.3) is 5.57 Å². The Hall–Kier alpha value is -1.64. The highest BCUT2D eigenvalue weighted by atomic mass is 35.5. The molecular weight excluding hydrogens is 429 g/mol. The number of amides is 2. The number of benzene rings is 1. The van der Waals surface area contributed by atoms with Crippen LogP contribution in [0.15, 0.2) is 23.9 Å². The van der Waals surface area contributed by atoms with Gasteiger partial charge in [-0.2, -0.15) is 0 Å². The maximum atomic E-state index is 13.4. The first-order chi connectivity index (χ1) is 14.5. The highest BCUT2D eigenvalue weighted by Crippen LogP contribution is 2.37. The Morgan fingerprint density at radius 1 is 1.10 bits per heavy atom. The molecule has 2 amide bonds. The summed E-state index contributed by atoms with van der Waals surface area (Å²) in [5.41, 5.74) is 1.24. The summed E-state index contributed by atoms with van der Waals surface area (Å²) in [5.74, 6) is -0.639. The van der Waals surface area contributed by atoms with Gasteiger partial charge in [0.1, 0.15) is 5.70 Å². The summed E-state index contributed by atoms with van der Waals surface area (Å²) in [6.45, 7) is 4.21. The van der Waals surface area contributed by atoms with Crippen LogP contribution >= 0.6 is 23.2 Å². The minimum absolute atomic E-state index is 0.0981. The molecule has 1 aromatic rings. The number of imide groups is 1. The summed E-state index contributed by atoms with van der Waals surface area (Å²) in [4.78, 5) is 32.2. The van der Waals surface area contributed by atoms with Crippen LogP contribution in [-0.2, 0) is 14.3 Å². The molecule has 1 unspecified atom stereocenters. The van der Waals surface area contributed by atoms with Crippen molar-refractivity contribution in [3.8, 4) is 0 Å². The zero-order valence-corrected chi connectivity index (χ0v) is 18.2. The quantitative estimate of drug-likeness (QED) is 0.662. The van der Waals surface area contributed by atoms with Crippen molar-refractivity contribution >= 4 is 40.6 Å². The maximum Gasteiger partial charge on any atom is 0.277 e. The van der Waals surface area contributed by atoms with Crippen LogP contribution in [0.3, 0.4) is 0 Å². The monoisotopic (exact) mass is 453 g/mol. The number of rotatable bonds is 6. The zero-order valence-electron chi connectivity index (χ0n) is 16.6. The zero-order chi connectivity index (χ0) is 21.3. The van der Waals surface area contributed by atoms with E-state index in [1.807, 2.05) is 4.90 Å². The van der Waals surface area contributed by atoms with Gasteiger partial charge in [-0.05, 0) is 25.0 Å². The second-order valence-electron chi connectivity index (χ2n) is 7.76. The average Bonchev–Trinajstić information content (AvgIpc) is 3.32. The van der Waals surface area contributed by atoms with Crippen molar-refractivity contribution in [2.45, 2.75) is 18.9 Å². The third-order valence-corrected chi connectivity index (χ3v) is 6.41. The summed E-state index contributed by atoms with van der Waals surface area (Å²) >= 11 is 12.5. The van der Waals surface area contributed by atoms with Gasteiger partial charge in [0.25, 0.3) is 11.8 Å². The molecule has 9 heteroatoms. The van der Waals surface area contributed by atoms with Crippen LogP contribution < -0.4 is 0 Å². The van der Waals surface area contributed by atoms with Crippen molar-refractivity contribution in [2.24, 2.45) is 0 Å². The molecule has 3 aliphatic rings. The molecule has 0 radical (unpaired) electrons. The molecule has 7 nitrogen and oxygen atoms in total. The van der Waals surface area contributed by atoms with Gasteiger partial charge in [0.2, 0.25) is 0 Å². The molecule has 1 atom stereocenters. The van der Waals surface area contributed by atoms with Crippen molar-refractivity contribution in [1.82, 2.24) is 14.7 Å². The topological polar surface area (TPSA) is 73.3 Å². The Morgan fingerprint density at radius 2 is 1.87 bits per heavy atom. The summed E-state index contributed by atoms with van der Waals surface area (Å²) in [6, 6.07) is 4.96. The van der Waals surface area contributed by atoms with Crippen molar-refractivity contribution in [1.29, 1.82) is 0 Å². The SMILES string of the molecule is O=C1C(c2ccc(Cl)cc2Cl)=C(N2CCN(CCO)CC2)C(=O)N1CC1CCCO1. The molecule has 0 bridgehead atoms. The van der Waals surface area contributed by atoms with Crippen LogP contribution in [0.4, 0.5) is 0 Å². The fourth-order valence-electron chi connectivity index (χ4n) is 4.29. The number of aliphatic hydroxyl groups is 1. The van der Waals surface area contributed by atoms with Crippen molar-refractivity contribution in [3.05, 3.63) is 39.5 Å². The normalized spacial score (nSPS) is 23.2. The number of piperazine rings is 1. The highest BCUT2D eigenvalue weighted by Gasteiger charge is 2.43. The predicted octanol–water partition coefficient (Wildman–Crippen LogP) is 1.86. The van der Waals surface area contributed by atoms with E-state index >= 15 is 0 Å². The van der Waals surface area contributed by atoms with E-state index in [2.05, 4.69) is 4.90 Å². The van der Waals surface area contributed by atoms with Gasteiger partial charge in [-0.1, -0.05) is 29.3 Å². The second kappa shape index (κ2) is 9.24. The summed E-state index contributed by atoms with van der Waals surface area (Å²) < 4.78 is 5.66. The minimum Gasteiger partial charge on any atom is -0.395 e. The second-order valence-corrected chi connectivity index (χ2v) is 8.60. The molecule has 3 aliphatic heterocycles. The summed E-state index contributed by atoms with van der Waals surface area (Å²) in [5, 5.41) is 9.99. The third kappa shape index (κ3) is 4.22. The van der Waals surface area contributed by atoms with Crippen molar-refractivity contribution in [3.63, 3.8) is 0 Å². The Balaban J connectivity index is 1.67. The largest absolute Gasteiger partial charge is 0.395 e. The van der Waals surface area contributed by atoms with Gasteiger partial charge in [-0.25, -0.2) is 0 Å². The standard InChI is InChI=1S/C21H25Cl2N3O4/c22-14-3-4-16(17(23)12-14)18-19(25-7-5-24(6-8-25)9-10-27)21(29)26(20(18)28)13-15-2-1-11-30-15/h3-4,12,15,27H,1-2,5-11,13H2. The van der Waals surface area contributed by atoms with E-state index in [1.54, 1.807) is 18.2 Å². The van der Waals surface area contributed by atoms with E-state index < -0.39 is 0 Å². The smallest absolute Gasteiger partial charge is 0.277 e. The van der Waals surface area contributed by atoms with Crippen molar-refractivity contribution in [2.75, 3.05) is 52.5 Å². The van der Waals surface area contributed by atoms with Crippen LogP contribution in [-0.4, -0.2) is 90.2 Å². The number of halogens is 2. The number of aliphatic hydroxyl groups excluding tert-OH is 1. The first-order valence-corrected chi connectivity index (χ1v) is 11.0. The first-order valence-electron chi connectivity index (χ1n) is 10.2. The van der Waals surface area contributed by atoms with Crippen LogP contribution in [0.1, 0.15) is 18.4 Å². The lowest BCUT2D eigenvalue weighted by Gasteiger charge is -2.36. The molecule has 2 saturated heterocycles. The molecule has 30 heavy (non-hydrogen) atoms. The van der Waals surface area contributed by atoms with Crippen molar-refractivity contribution < 1.29 is 19.4 Å². The molecule has 4 rings (SSSR count). The lowest BCUT2D eigenvalue weighted by molar-refractivity contribution is -0.139. The van der Waals surface area contributed by atoms with Gasteiger partial charge in [0.15, 0.2) is 0 Å². The maximum absolute atomic E-state index is 13.4. The van der Waals surface area contributed by atoms with Gasteiger partial charge in [0, 0.05) is 49.9 Å². The molecule has 1 N–H and O–H groups in total. The number of carbonyl (C=O) groups excluding carboxylic acids is 2. The Kier molecular flexibility index (Phi) is 6.65. The number of carbonyl (C=O) groups is 2. The van der Waals surface area contributed by atoms with E-state index in [0.717, 1.165) is 12.8 Å². The Bertz CT molecular complexity index is 862. The number of hydrogen-bond acceptors (Lipinski definition) is 6. The predicted molar refractivity (Wildman–Crippen MR) is 114 cm³/mol. The summed E-state index contributed by atoms with van der Waals surface area (Å²) in [7, 11) is 0. The Labute approximate surface area is 185 Å². The molecule has 0 aromatic heterocycles. The van der Waals surface area contributed by atoms with Gasteiger partial charge >= 0.3 is 0 Å². The van der Waals surface area contributed by atoms with E-state index in [0.29, 0.717) is 66.2 Å². The number of hydrogen-bond donors (Lipinski definition) is 1. The van der Waals surface area contributed by atoms with E-state index in [9.17, 15) is 14.7 Å². The Morgan fingerprint density at radius 3 is 2.50 bits per heavy atom. The highest BCUT2D eigenvalue weighted by molar-refractivity contribution is 6.41. The van der Waals surface area contributed by atoms with E-state index in [-0.39, 0.29) is 31.1 Å². The number of β-amino-alcohol motifs (C(OH)–C–C–N with tert-alkyl or cyclic N) is 1. The minimum atomic E-state index is -0.340. The summed E-state index contributed by atoms with van der Waals surface area (Å²) in [6.07, 6.45) is 1.65. The van der Waals surface area contributed by atoms with Gasteiger partial charge in [0.05, 0.1) is 29.9 Å². The van der Waals surface area contributed by atoms with Crippen LogP contribution in [0.2, 0.25) is 10.0 Å². The number of ether oxygens (including phenoxy) is 1. The molecule has 1 aromatic carbocycles. The van der Waals surface area contributed by atoms with Crippen LogP contribution in [0.5, 0.6) is 0 Å². The third-order valence-electron chi connectivity index (χ3n) is 5.86. The fourth-order valence-corrected chi connectivity index (χ4v) is 4.79. The lowest BCUT2D eigenvalue weighted by Crippen LogP contribution is -2.48. The van der Waals surface area contributed by atoms with Crippen LogP contribution in [0, 0.1) is 0 Å². The first kappa shape index (κ1) is 21.6. The average molecular weight is 454 g/mol. The van der Waals surface area contributed by atoms with E-state index in [4.69, 9.17) is 27.9 Å². The van der Waals surface area contributed by atoms with Gasteiger partial charge in [-0.15, -0.1) is 0 Å².